The molecule has 0 bridgehead atoms. The zero-order chi connectivity index (χ0) is 17.1. The van der Waals surface area contributed by atoms with E-state index in [4.69, 9.17) is 16.9 Å². The fraction of sp³-hybridized carbons (Fsp3) is 0.562. The van der Waals surface area contributed by atoms with Gasteiger partial charge < -0.3 is 20.7 Å². The normalized spacial score (nSPS) is 39.7. The minimum absolute atomic E-state index is 0.0216. The van der Waals surface area contributed by atoms with Crippen LogP contribution < -0.4 is 5.73 Å². The van der Waals surface area contributed by atoms with E-state index >= 15 is 0 Å². The van der Waals surface area contributed by atoms with E-state index < -0.39 is 24.4 Å². The van der Waals surface area contributed by atoms with Crippen LogP contribution in [-0.2, 0) is 11.2 Å². The lowest BCUT2D eigenvalue weighted by molar-refractivity contribution is -0.0888. The van der Waals surface area contributed by atoms with Crippen molar-refractivity contribution in [2.75, 3.05) is 12.3 Å². The van der Waals surface area contributed by atoms with Crippen molar-refractivity contribution >= 4 is 17.7 Å². The summed E-state index contributed by atoms with van der Waals surface area (Å²) in [6.45, 7) is -0.417. The Hall–Kier alpha value is -2.08. The van der Waals surface area contributed by atoms with E-state index in [2.05, 4.69) is 20.9 Å². The standard InChI is InChI=1S/C16H17FN4O3/c1-2-16(6-22)13(23)10-9(12(10)24-16)7-3-4-8-11(19-5-7)14(18)21-15(17)20-8/h1,5,7,9-10,12-13,22-23H,3-4,6H2,(H2,18,20,21)/t7?,9?,10?,12-,13-,16+/m0/s1. The van der Waals surface area contributed by atoms with Gasteiger partial charge in [-0.2, -0.15) is 9.37 Å². The lowest BCUT2D eigenvalue weighted by Crippen LogP contribution is -2.45. The maximum absolute atomic E-state index is 13.3. The predicted molar refractivity (Wildman–Crippen MR) is 82.9 cm³/mol. The molecule has 3 heterocycles. The molecule has 7 nitrogen and oxygen atoms in total. The number of aryl methyl sites for hydroxylation is 1. The number of ether oxygens (including phenoxy) is 1. The number of terminal acetylenes is 1. The van der Waals surface area contributed by atoms with Gasteiger partial charge in [-0.3, -0.25) is 4.99 Å². The third-order valence-corrected chi connectivity index (χ3v) is 5.29. The highest BCUT2D eigenvalue weighted by Gasteiger charge is 2.70. The van der Waals surface area contributed by atoms with Gasteiger partial charge in [-0.15, -0.1) is 6.42 Å². The summed E-state index contributed by atoms with van der Waals surface area (Å²) in [6, 6.07) is 0. The predicted octanol–water partition coefficient (Wildman–Crippen LogP) is -0.167. The number of aliphatic imine (C=N–C) groups is 1. The number of nitrogens with two attached hydrogens (primary N) is 1. The Kier molecular flexibility index (Phi) is 3.35. The van der Waals surface area contributed by atoms with Crippen LogP contribution in [0.2, 0.25) is 0 Å². The van der Waals surface area contributed by atoms with Crippen LogP contribution in [-0.4, -0.2) is 50.8 Å². The van der Waals surface area contributed by atoms with Gasteiger partial charge in [0.2, 0.25) is 0 Å². The zero-order valence-corrected chi connectivity index (χ0v) is 12.8. The van der Waals surface area contributed by atoms with E-state index in [0.717, 1.165) is 0 Å². The molecule has 4 N–H and O–H groups in total. The third-order valence-electron chi connectivity index (χ3n) is 5.29. The fourth-order valence-electron chi connectivity index (χ4n) is 3.97. The lowest BCUT2D eigenvalue weighted by Gasteiger charge is -2.29. The number of aliphatic hydroxyl groups is 2. The average molecular weight is 332 g/mol. The van der Waals surface area contributed by atoms with Gasteiger partial charge in [-0.1, -0.05) is 5.92 Å². The number of rotatable bonds is 2. The number of fused-ring (bicyclic) bond motifs is 2. The largest absolute Gasteiger partial charge is 0.392 e. The number of hydrogen-bond acceptors (Lipinski definition) is 7. The Balaban J connectivity index is 1.53. The summed E-state index contributed by atoms with van der Waals surface area (Å²) < 4.78 is 19.1. The van der Waals surface area contributed by atoms with Crippen molar-refractivity contribution in [3.05, 3.63) is 11.8 Å². The van der Waals surface area contributed by atoms with Gasteiger partial charge in [0.25, 0.3) is 0 Å². The van der Waals surface area contributed by atoms with Crippen molar-refractivity contribution in [2.45, 2.75) is 30.7 Å². The first-order valence-corrected chi connectivity index (χ1v) is 7.81. The fourth-order valence-corrected chi connectivity index (χ4v) is 3.97. The molecule has 1 saturated heterocycles. The number of halogens is 1. The van der Waals surface area contributed by atoms with Crippen LogP contribution in [0.5, 0.6) is 0 Å². The second-order valence-electron chi connectivity index (χ2n) is 6.53. The van der Waals surface area contributed by atoms with Crippen LogP contribution in [0.1, 0.15) is 12.1 Å². The monoisotopic (exact) mass is 332 g/mol. The smallest absolute Gasteiger partial charge is 0.310 e. The molecular weight excluding hydrogens is 315 g/mol. The highest BCUT2D eigenvalue weighted by Crippen LogP contribution is 2.59. The summed E-state index contributed by atoms with van der Waals surface area (Å²) in [6.07, 6.45) is 6.37. The molecule has 8 heteroatoms. The molecule has 1 aliphatic carbocycles. The highest BCUT2D eigenvalue weighted by atomic mass is 19.1. The van der Waals surface area contributed by atoms with E-state index in [9.17, 15) is 14.6 Å². The van der Waals surface area contributed by atoms with E-state index in [-0.39, 0.29) is 29.7 Å². The van der Waals surface area contributed by atoms with E-state index in [1.165, 1.54) is 0 Å². The molecule has 1 aromatic heterocycles. The van der Waals surface area contributed by atoms with Crippen molar-refractivity contribution in [1.29, 1.82) is 0 Å². The Labute approximate surface area is 137 Å². The Bertz CT molecular complexity index is 764. The Morgan fingerprint density at radius 2 is 2.25 bits per heavy atom. The van der Waals surface area contributed by atoms with Crippen LogP contribution >= 0.6 is 0 Å². The van der Waals surface area contributed by atoms with Gasteiger partial charge in [0.1, 0.15) is 11.8 Å². The van der Waals surface area contributed by atoms with E-state index in [1.807, 2.05) is 0 Å². The first kappa shape index (κ1) is 15.4. The summed E-state index contributed by atoms with van der Waals surface area (Å²) >= 11 is 0. The van der Waals surface area contributed by atoms with Gasteiger partial charge in [-0.05, 0) is 12.8 Å². The first-order valence-electron chi connectivity index (χ1n) is 7.81. The van der Waals surface area contributed by atoms with Gasteiger partial charge in [0.05, 0.1) is 18.4 Å². The molecule has 6 atom stereocenters. The van der Waals surface area contributed by atoms with Crippen LogP contribution in [0, 0.1) is 36.2 Å². The molecule has 0 spiro atoms. The second kappa shape index (κ2) is 5.21. The summed E-state index contributed by atoms with van der Waals surface area (Å²) in [5.41, 5.74) is 5.29. The lowest BCUT2D eigenvalue weighted by atomic mass is 9.90. The molecule has 0 aromatic carbocycles. The molecule has 2 aliphatic heterocycles. The van der Waals surface area contributed by atoms with Crippen LogP contribution in [0.15, 0.2) is 4.99 Å². The van der Waals surface area contributed by atoms with Crippen molar-refractivity contribution in [3.63, 3.8) is 0 Å². The van der Waals surface area contributed by atoms with Crippen LogP contribution in [0.3, 0.4) is 0 Å². The third kappa shape index (κ3) is 2.05. The maximum Gasteiger partial charge on any atom is 0.310 e. The summed E-state index contributed by atoms with van der Waals surface area (Å²) in [4.78, 5) is 11.6. The molecule has 126 valence electrons. The molecule has 1 saturated carbocycles. The van der Waals surface area contributed by atoms with Crippen LogP contribution in [0.4, 0.5) is 15.9 Å². The number of aromatic nitrogens is 2. The van der Waals surface area contributed by atoms with Crippen LogP contribution in [0.25, 0.3) is 0 Å². The van der Waals surface area contributed by atoms with E-state index in [0.29, 0.717) is 24.2 Å². The molecule has 0 amide bonds. The molecule has 4 rings (SSSR count). The Morgan fingerprint density at radius 3 is 2.88 bits per heavy atom. The summed E-state index contributed by atoms with van der Waals surface area (Å²) in [5, 5.41) is 19.8. The van der Waals surface area contributed by atoms with Crippen molar-refractivity contribution in [1.82, 2.24) is 9.97 Å². The maximum atomic E-state index is 13.3. The minimum atomic E-state index is -1.31. The number of hydrogen-bond donors (Lipinski definition) is 3. The van der Waals surface area contributed by atoms with Crippen molar-refractivity contribution in [2.24, 2.45) is 22.7 Å². The average Bonchev–Trinajstić information content (AvgIpc) is 3.23. The SMILES string of the molecule is C#C[C@]1(CO)O[C@H]2C(C3C=Nc4c(N)nc(F)nc4CC3)C2[C@@H]1O. The quantitative estimate of drug-likeness (QED) is 0.512. The van der Waals surface area contributed by atoms with Crippen molar-refractivity contribution in [3.8, 4) is 12.3 Å². The Morgan fingerprint density at radius 1 is 1.46 bits per heavy atom. The molecule has 3 unspecified atom stereocenters. The van der Waals surface area contributed by atoms with Gasteiger partial charge in [0.15, 0.2) is 11.4 Å². The molecule has 0 radical (unpaired) electrons. The number of anilines is 1. The molecular formula is C16H17FN4O3. The van der Waals surface area contributed by atoms with Crippen molar-refractivity contribution < 1.29 is 19.3 Å². The first-order chi connectivity index (χ1) is 11.5. The topological polar surface area (TPSA) is 114 Å². The molecule has 1 aromatic rings. The molecule has 2 fully saturated rings. The summed E-state index contributed by atoms with van der Waals surface area (Å²) in [5.74, 6) is 2.35. The van der Waals surface area contributed by atoms with E-state index in [1.54, 1.807) is 6.21 Å². The summed E-state index contributed by atoms with van der Waals surface area (Å²) in [7, 11) is 0. The van der Waals surface area contributed by atoms with Gasteiger partial charge in [-0.25, -0.2) is 4.98 Å². The second-order valence-corrected chi connectivity index (χ2v) is 6.53. The zero-order valence-electron chi connectivity index (χ0n) is 12.8. The number of nitrogen functional groups attached to an aromatic ring is 1. The minimum Gasteiger partial charge on any atom is -0.392 e. The number of aliphatic hydroxyl groups excluding tert-OH is 2. The molecule has 24 heavy (non-hydrogen) atoms. The van der Waals surface area contributed by atoms with Gasteiger partial charge >= 0.3 is 6.08 Å². The number of nitrogens with zero attached hydrogens (tertiary/aromatic N) is 3. The van der Waals surface area contributed by atoms with Gasteiger partial charge in [0, 0.05) is 24.0 Å². The molecule has 3 aliphatic rings. The highest BCUT2D eigenvalue weighted by molar-refractivity contribution is 5.73.